The molecule has 0 radical (unpaired) electrons. The van der Waals surface area contributed by atoms with Crippen LogP contribution in [-0.2, 0) is 6.61 Å². The molecular formula is C18H12BrClFNO2. The Kier molecular flexibility index (Phi) is 5.02. The minimum atomic E-state index is -0.431. The molecule has 0 bridgehead atoms. The van der Waals surface area contributed by atoms with Crippen molar-refractivity contribution in [3.63, 3.8) is 0 Å². The molecule has 24 heavy (non-hydrogen) atoms. The van der Waals surface area contributed by atoms with Gasteiger partial charge in [0.15, 0.2) is 0 Å². The maximum Gasteiger partial charge on any atom is 0.283 e. The van der Waals surface area contributed by atoms with E-state index in [0.29, 0.717) is 15.6 Å². The first kappa shape index (κ1) is 16.7. The monoisotopic (exact) mass is 407 g/mol. The van der Waals surface area contributed by atoms with Crippen molar-refractivity contribution in [1.29, 1.82) is 0 Å². The van der Waals surface area contributed by atoms with Crippen molar-refractivity contribution in [2.75, 3.05) is 0 Å². The van der Waals surface area contributed by atoms with E-state index < -0.39 is 5.82 Å². The van der Waals surface area contributed by atoms with Crippen LogP contribution in [-0.4, -0.2) is 4.73 Å². The van der Waals surface area contributed by atoms with Crippen LogP contribution < -0.4 is 10.4 Å². The van der Waals surface area contributed by atoms with Crippen LogP contribution in [0.4, 0.5) is 4.39 Å². The molecule has 0 N–H and O–H groups in total. The van der Waals surface area contributed by atoms with Crippen LogP contribution in [0.2, 0.25) is 5.02 Å². The predicted molar refractivity (Wildman–Crippen MR) is 95.5 cm³/mol. The molecule has 0 saturated heterocycles. The highest BCUT2D eigenvalue weighted by molar-refractivity contribution is 9.10. The number of nitrogens with zero attached hydrogens (tertiary/aromatic N) is 1. The first-order valence-corrected chi connectivity index (χ1v) is 8.26. The fourth-order valence-electron chi connectivity index (χ4n) is 2.23. The van der Waals surface area contributed by atoms with E-state index in [9.17, 15) is 9.18 Å². The Labute approximate surface area is 151 Å². The molecule has 0 aliphatic carbocycles. The SMILES string of the molecule is O=c1cc(-c2ccc(F)cc2Cl)c(Br)cn1OCc1ccccc1. The molecule has 0 amide bonds. The maximum atomic E-state index is 13.2. The minimum Gasteiger partial charge on any atom is -0.406 e. The van der Waals surface area contributed by atoms with Crippen LogP contribution in [0.3, 0.4) is 0 Å². The van der Waals surface area contributed by atoms with E-state index in [4.69, 9.17) is 16.4 Å². The van der Waals surface area contributed by atoms with Gasteiger partial charge in [0, 0.05) is 21.7 Å². The van der Waals surface area contributed by atoms with Crippen LogP contribution in [0.25, 0.3) is 11.1 Å². The van der Waals surface area contributed by atoms with Crippen LogP contribution in [0.1, 0.15) is 5.56 Å². The topological polar surface area (TPSA) is 31.2 Å². The lowest BCUT2D eigenvalue weighted by atomic mass is 10.1. The summed E-state index contributed by atoms with van der Waals surface area (Å²) in [5.74, 6) is -0.431. The molecule has 3 rings (SSSR count). The summed E-state index contributed by atoms with van der Waals surface area (Å²) in [6.07, 6.45) is 1.53. The average Bonchev–Trinajstić information content (AvgIpc) is 2.57. The van der Waals surface area contributed by atoms with Gasteiger partial charge in [-0.05, 0) is 39.7 Å². The van der Waals surface area contributed by atoms with E-state index >= 15 is 0 Å². The molecule has 1 heterocycles. The smallest absolute Gasteiger partial charge is 0.283 e. The summed E-state index contributed by atoms with van der Waals surface area (Å²) in [7, 11) is 0. The second kappa shape index (κ2) is 7.20. The van der Waals surface area contributed by atoms with Crippen LogP contribution >= 0.6 is 27.5 Å². The lowest BCUT2D eigenvalue weighted by molar-refractivity contribution is 0.0888. The summed E-state index contributed by atoms with van der Waals surface area (Å²) >= 11 is 9.47. The Morgan fingerprint density at radius 2 is 1.83 bits per heavy atom. The van der Waals surface area contributed by atoms with Crippen molar-refractivity contribution in [2.24, 2.45) is 0 Å². The minimum absolute atomic E-state index is 0.234. The average molecular weight is 409 g/mol. The number of pyridine rings is 1. The molecule has 2 aromatic carbocycles. The first-order valence-electron chi connectivity index (χ1n) is 7.09. The van der Waals surface area contributed by atoms with Gasteiger partial charge in [0.1, 0.15) is 12.4 Å². The van der Waals surface area contributed by atoms with Crippen molar-refractivity contribution in [3.05, 3.63) is 92.0 Å². The molecule has 0 atom stereocenters. The van der Waals surface area contributed by atoms with E-state index in [1.165, 1.54) is 30.5 Å². The molecule has 6 heteroatoms. The maximum absolute atomic E-state index is 13.2. The lowest BCUT2D eigenvalue weighted by Gasteiger charge is -2.12. The van der Waals surface area contributed by atoms with E-state index in [1.54, 1.807) is 0 Å². The second-order valence-electron chi connectivity index (χ2n) is 5.08. The standard InChI is InChI=1S/C18H12BrClFNO2/c19-16-10-22(24-11-12-4-2-1-3-5-12)18(23)9-15(16)14-7-6-13(21)8-17(14)20/h1-10H,11H2. The number of hydrogen-bond acceptors (Lipinski definition) is 2. The highest BCUT2D eigenvalue weighted by atomic mass is 79.9. The van der Waals surface area contributed by atoms with Crippen molar-refractivity contribution in [2.45, 2.75) is 6.61 Å². The summed E-state index contributed by atoms with van der Waals surface area (Å²) in [6.45, 7) is 0.268. The van der Waals surface area contributed by atoms with E-state index in [1.807, 2.05) is 30.3 Å². The molecule has 0 aliphatic rings. The third-order valence-electron chi connectivity index (χ3n) is 3.41. The van der Waals surface area contributed by atoms with E-state index in [0.717, 1.165) is 10.3 Å². The second-order valence-corrected chi connectivity index (χ2v) is 6.34. The van der Waals surface area contributed by atoms with Crippen LogP contribution in [0.5, 0.6) is 0 Å². The fraction of sp³-hybridized carbons (Fsp3) is 0.0556. The Bertz CT molecular complexity index is 928. The Hall–Kier alpha value is -2.11. The van der Waals surface area contributed by atoms with Crippen molar-refractivity contribution in [3.8, 4) is 11.1 Å². The van der Waals surface area contributed by atoms with Gasteiger partial charge in [0.2, 0.25) is 0 Å². The molecule has 1 aromatic heterocycles. The first-order chi connectivity index (χ1) is 11.5. The number of halogens is 3. The van der Waals surface area contributed by atoms with E-state index in [-0.39, 0.29) is 17.2 Å². The predicted octanol–water partition coefficient (Wildman–Crippen LogP) is 4.70. The van der Waals surface area contributed by atoms with Gasteiger partial charge in [-0.25, -0.2) is 4.39 Å². The molecule has 0 fully saturated rings. The van der Waals surface area contributed by atoms with Crippen LogP contribution in [0, 0.1) is 5.82 Å². The normalized spacial score (nSPS) is 10.6. The Morgan fingerprint density at radius 3 is 2.54 bits per heavy atom. The number of aromatic nitrogens is 1. The van der Waals surface area contributed by atoms with Crippen molar-refractivity contribution < 1.29 is 9.23 Å². The van der Waals surface area contributed by atoms with Gasteiger partial charge in [0.05, 0.1) is 11.2 Å². The number of benzene rings is 2. The van der Waals surface area contributed by atoms with Gasteiger partial charge >= 0.3 is 0 Å². The quantitative estimate of drug-likeness (QED) is 0.627. The molecule has 0 saturated carbocycles. The van der Waals surface area contributed by atoms with Crippen molar-refractivity contribution >= 4 is 27.5 Å². The summed E-state index contributed by atoms with van der Waals surface area (Å²) < 4.78 is 15.0. The lowest BCUT2D eigenvalue weighted by Crippen LogP contribution is -2.26. The summed E-state index contributed by atoms with van der Waals surface area (Å²) in [5, 5.41) is 0.234. The third-order valence-corrected chi connectivity index (χ3v) is 4.35. The van der Waals surface area contributed by atoms with Gasteiger partial charge in [-0.3, -0.25) is 4.79 Å². The van der Waals surface area contributed by atoms with Gasteiger partial charge in [-0.1, -0.05) is 41.9 Å². The van der Waals surface area contributed by atoms with E-state index in [2.05, 4.69) is 15.9 Å². The summed E-state index contributed by atoms with van der Waals surface area (Å²) in [4.78, 5) is 17.8. The van der Waals surface area contributed by atoms with Gasteiger partial charge in [-0.15, -0.1) is 0 Å². The zero-order valence-corrected chi connectivity index (χ0v) is 14.7. The number of hydrogen-bond donors (Lipinski definition) is 0. The molecule has 0 aliphatic heterocycles. The molecule has 122 valence electrons. The molecule has 0 unspecified atom stereocenters. The highest BCUT2D eigenvalue weighted by Gasteiger charge is 2.12. The summed E-state index contributed by atoms with van der Waals surface area (Å²) in [5.41, 5.74) is 1.75. The zero-order chi connectivity index (χ0) is 17.1. The molecule has 3 aromatic rings. The Balaban J connectivity index is 1.90. The largest absolute Gasteiger partial charge is 0.406 e. The van der Waals surface area contributed by atoms with Gasteiger partial charge in [0.25, 0.3) is 5.56 Å². The highest BCUT2D eigenvalue weighted by Crippen LogP contribution is 2.32. The third kappa shape index (κ3) is 3.68. The Morgan fingerprint density at radius 1 is 1.08 bits per heavy atom. The van der Waals surface area contributed by atoms with Gasteiger partial charge in [-0.2, -0.15) is 4.73 Å². The van der Waals surface area contributed by atoms with Gasteiger partial charge < -0.3 is 4.84 Å². The molecule has 3 nitrogen and oxygen atoms in total. The summed E-state index contributed by atoms with van der Waals surface area (Å²) in [6, 6.07) is 15.0. The van der Waals surface area contributed by atoms with Crippen LogP contribution in [0.15, 0.2) is 70.1 Å². The zero-order valence-electron chi connectivity index (χ0n) is 12.4. The van der Waals surface area contributed by atoms with Crippen molar-refractivity contribution in [1.82, 2.24) is 4.73 Å². The fourth-order valence-corrected chi connectivity index (χ4v) is 3.01. The molecule has 0 spiro atoms. The number of rotatable bonds is 4. The molecular weight excluding hydrogens is 397 g/mol.